The van der Waals surface area contributed by atoms with Crippen LogP contribution in [0.3, 0.4) is 0 Å². The second-order valence-electron chi connectivity index (χ2n) is 7.03. The molecule has 2 aromatic heterocycles. The van der Waals surface area contributed by atoms with Crippen molar-refractivity contribution >= 4 is 5.82 Å². The molecule has 0 atom stereocenters. The van der Waals surface area contributed by atoms with Gasteiger partial charge in [-0.2, -0.15) is 15.3 Å². The minimum atomic E-state index is -2.77. The van der Waals surface area contributed by atoms with E-state index >= 15 is 0 Å². The van der Waals surface area contributed by atoms with Crippen LogP contribution in [0.25, 0.3) is 5.69 Å². The van der Waals surface area contributed by atoms with E-state index in [1.54, 1.807) is 19.1 Å². The average Bonchev–Trinajstić information content (AvgIpc) is 3.12. The van der Waals surface area contributed by atoms with Crippen LogP contribution in [0.1, 0.15) is 24.2 Å². The van der Waals surface area contributed by atoms with Gasteiger partial charge < -0.3 is 14.7 Å². The molecule has 3 heterocycles. The lowest BCUT2D eigenvalue weighted by molar-refractivity contribution is -0.0118. The van der Waals surface area contributed by atoms with E-state index in [0.717, 1.165) is 0 Å². The minimum absolute atomic E-state index is 0.0310. The Hall–Kier alpha value is -3.74. The summed E-state index contributed by atoms with van der Waals surface area (Å²) >= 11 is 0. The molecule has 10 heteroatoms. The molecule has 0 spiro atoms. The van der Waals surface area contributed by atoms with Crippen LogP contribution in [0.15, 0.2) is 36.7 Å². The Kier molecular flexibility index (Phi) is 4.95. The highest BCUT2D eigenvalue weighted by Gasteiger charge is 2.36. The predicted octanol–water partition coefficient (Wildman–Crippen LogP) is 3.58. The third-order valence-electron chi connectivity index (χ3n) is 4.64. The van der Waals surface area contributed by atoms with Crippen molar-refractivity contribution in [2.24, 2.45) is 0 Å². The number of rotatable bonds is 4. The van der Waals surface area contributed by atoms with Gasteiger partial charge >= 0.3 is 0 Å². The summed E-state index contributed by atoms with van der Waals surface area (Å²) in [6.45, 7) is 1.70. The van der Waals surface area contributed by atoms with Crippen LogP contribution in [0, 0.1) is 18.3 Å². The Morgan fingerprint density at radius 1 is 1.27 bits per heavy atom. The molecule has 1 aromatic carbocycles. The minimum Gasteiger partial charge on any atom is -0.505 e. The van der Waals surface area contributed by atoms with Crippen LogP contribution >= 0.6 is 0 Å². The number of nitriles is 1. The maximum atomic E-state index is 13.8. The zero-order valence-electron chi connectivity index (χ0n) is 16.1. The van der Waals surface area contributed by atoms with Crippen molar-refractivity contribution in [3.05, 3.63) is 48.0 Å². The zero-order valence-corrected chi connectivity index (χ0v) is 16.1. The summed E-state index contributed by atoms with van der Waals surface area (Å²) in [4.78, 5) is 10.0. The Morgan fingerprint density at radius 2 is 2.10 bits per heavy atom. The second-order valence-corrected chi connectivity index (χ2v) is 7.03. The lowest BCUT2D eigenvalue weighted by Crippen LogP contribution is -2.43. The number of anilines is 1. The van der Waals surface area contributed by atoms with Crippen molar-refractivity contribution in [3.63, 3.8) is 0 Å². The van der Waals surface area contributed by atoms with Crippen LogP contribution < -0.4 is 9.64 Å². The first-order valence-corrected chi connectivity index (χ1v) is 9.27. The van der Waals surface area contributed by atoms with Crippen LogP contribution in [0.4, 0.5) is 14.6 Å². The molecule has 0 saturated carbocycles. The number of hydrogen-bond donors (Lipinski definition) is 1. The number of nitrogens with zero attached hydrogens (tertiary/aromatic N) is 6. The van der Waals surface area contributed by atoms with E-state index in [2.05, 4.69) is 15.1 Å². The number of benzene rings is 1. The third-order valence-corrected chi connectivity index (χ3v) is 4.64. The highest BCUT2D eigenvalue weighted by molar-refractivity contribution is 5.53. The fourth-order valence-electron chi connectivity index (χ4n) is 3.31. The summed E-state index contributed by atoms with van der Waals surface area (Å²) in [5, 5.41) is 22.9. The van der Waals surface area contributed by atoms with E-state index in [4.69, 9.17) is 4.74 Å². The molecule has 0 amide bonds. The van der Waals surface area contributed by atoms with E-state index in [9.17, 15) is 19.1 Å². The van der Waals surface area contributed by atoms with Crippen molar-refractivity contribution < 1.29 is 18.6 Å². The van der Waals surface area contributed by atoms with E-state index in [1.165, 1.54) is 34.1 Å². The average molecular weight is 412 g/mol. The maximum absolute atomic E-state index is 13.8. The smallest absolute Gasteiger partial charge is 0.265 e. The van der Waals surface area contributed by atoms with Crippen LogP contribution in [-0.4, -0.2) is 43.9 Å². The first kappa shape index (κ1) is 19.6. The summed E-state index contributed by atoms with van der Waals surface area (Å²) < 4.78 is 35.0. The molecule has 0 aliphatic carbocycles. The number of aromatic hydroxyl groups is 1. The Morgan fingerprint density at radius 3 is 2.80 bits per heavy atom. The van der Waals surface area contributed by atoms with Crippen molar-refractivity contribution in [1.82, 2.24) is 19.7 Å². The predicted molar refractivity (Wildman–Crippen MR) is 103 cm³/mol. The number of alkyl halides is 2. The van der Waals surface area contributed by atoms with Gasteiger partial charge in [0.1, 0.15) is 17.3 Å². The van der Waals surface area contributed by atoms with Gasteiger partial charge in [0.05, 0.1) is 30.6 Å². The van der Waals surface area contributed by atoms with Gasteiger partial charge in [0.2, 0.25) is 5.88 Å². The first-order chi connectivity index (χ1) is 14.3. The Labute approximate surface area is 171 Å². The molecule has 1 fully saturated rings. The number of hydrogen-bond acceptors (Lipinski definition) is 7. The molecule has 1 saturated heterocycles. The van der Waals surface area contributed by atoms with Crippen molar-refractivity contribution in [1.29, 1.82) is 5.26 Å². The largest absolute Gasteiger partial charge is 0.505 e. The third kappa shape index (κ3) is 4.15. The molecule has 154 valence electrons. The van der Waals surface area contributed by atoms with Crippen LogP contribution in [0.5, 0.6) is 17.4 Å². The highest BCUT2D eigenvalue weighted by Crippen LogP contribution is 2.33. The lowest BCUT2D eigenvalue weighted by atomic mass is 10.1. The number of aryl methyl sites for hydroxylation is 1. The number of ether oxygens (including phenoxy) is 1. The molecule has 8 nitrogen and oxygen atoms in total. The molecule has 1 aliphatic rings. The molecule has 4 rings (SSSR count). The fourth-order valence-corrected chi connectivity index (χ4v) is 3.31. The Bertz CT molecular complexity index is 1120. The monoisotopic (exact) mass is 412 g/mol. The van der Waals surface area contributed by atoms with Gasteiger partial charge in [-0.05, 0) is 25.5 Å². The summed E-state index contributed by atoms with van der Waals surface area (Å²) in [6, 6.07) is 8.27. The summed E-state index contributed by atoms with van der Waals surface area (Å²) in [5.74, 6) is -1.66. The van der Waals surface area contributed by atoms with Gasteiger partial charge in [-0.3, -0.25) is 0 Å². The van der Waals surface area contributed by atoms with Gasteiger partial charge in [-0.1, -0.05) is 0 Å². The molecule has 0 bridgehead atoms. The SMILES string of the molecule is Cc1nc(Oc2cc(C#N)ccc2-n2cc(O)cn2)cc(N2CCCC(F)(F)C2)n1. The van der Waals surface area contributed by atoms with Crippen molar-refractivity contribution in [3.8, 4) is 29.1 Å². The zero-order chi connectivity index (χ0) is 21.3. The van der Waals surface area contributed by atoms with Gasteiger partial charge in [0.25, 0.3) is 5.92 Å². The summed E-state index contributed by atoms with van der Waals surface area (Å²) in [7, 11) is 0. The van der Waals surface area contributed by atoms with Crippen LogP contribution in [0.2, 0.25) is 0 Å². The maximum Gasteiger partial charge on any atom is 0.265 e. The van der Waals surface area contributed by atoms with Crippen molar-refractivity contribution in [2.75, 3.05) is 18.0 Å². The molecule has 3 aromatic rings. The normalized spacial score (nSPS) is 15.6. The van der Waals surface area contributed by atoms with Crippen LogP contribution in [-0.2, 0) is 0 Å². The van der Waals surface area contributed by atoms with Gasteiger partial charge in [-0.15, -0.1) is 0 Å². The molecule has 0 unspecified atom stereocenters. The topological polar surface area (TPSA) is 100 Å². The highest BCUT2D eigenvalue weighted by atomic mass is 19.3. The number of aromatic nitrogens is 4. The van der Waals surface area contributed by atoms with Gasteiger partial charge in [-0.25, -0.2) is 18.4 Å². The molecule has 1 N–H and O–H groups in total. The molecule has 0 radical (unpaired) electrons. The molecule has 1 aliphatic heterocycles. The van der Waals surface area contributed by atoms with E-state index in [1.807, 2.05) is 6.07 Å². The van der Waals surface area contributed by atoms with Gasteiger partial charge in [0.15, 0.2) is 11.5 Å². The lowest BCUT2D eigenvalue weighted by Gasteiger charge is -2.33. The molecule has 30 heavy (non-hydrogen) atoms. The van der Waals surface area contributed by atoms with Gasteiger partial charge in [0, 0.05) is 25.1 Å². The molecular formula is C20H18F2N6O2. The Balaban J connectivity index is 1.69. The van der Waals surface area contributed by atoms with E-state index in [-0.39, 0.29) is 23.8 Å². The second kappa shape index (κ2) is 7.59. The molecular weight excluding hydrogens is 394 g/mol. The van der Waals surface area contributed by atoms with E-state index in [0.29, 0.717) is 35.9 Å². The van der Waals surface area contributed by atoms with E-state index < -0.39 is 12.5 Å². The quantitative estimate of drug-likeness (QED) is 0.699. The number of piperidine rings is 1. The summed E-state index contributed by atoms with van der Waals surface area (Å²) in [6.07, 6.45) is 2.88. The standard InChI is InChI=1S/C20H18F2N6O2/c1-13-25-18(27-6-2-5-20(21,22)12-27)8-19(26-13)30-17-7-14(9-23)3-4-16(17)28-11-15(29)10-24-28/h3-4,7-8,10-11,29H,2,5-6,12H2,1H3. The number of halogens is 2. The first-order valence-electron chi connectivity index (χ1n) is 9.27. The summed E-state index contributed by atoms with van der Waals surface area (Å²) in [5.41, 5.74) is 0.823. The fraction of sp³-hybridized carbons (Fsp3) is 0.300. The van der Waals surface area contributed by atoms with Crippen molar-refractivity contribution in [2.45, 2.75) is 25.7 Å².